The fourth-order valence-electron chi connectivity index (χ4n) is 1.14. The van der Waals surface area contributed by atoms with Crippen molar-refractivity contribution in [3.63, 3.8) is 0 Å². The smallest absolute Gasteiger partial charge is 0.407 e. The quantitative estimate of drug-likeness (QED) is 0.763. The van der Waals surface area contributed by atoms with E-state index in [0.717, 1.165) is 14.5 Å². The molecule has 1 aromatic heterocycles. The van der Waals surface area contributed by atoms with E-state index in [2.05, 4.69) is 20.9 Å². The molecular weight excluding hydrogens is 244 g/mol. The molecule has 0 saturated heterocycles. The van der Waals surface area contributed by atoms with Gasteiger partial charge in [-0.25, -0.2) is 9.78 Å². The molecule has 1 aromatic rings. The highest BCUT2D eigenvalue weighted by Gasteiger charge is 2.26. The van der Waals surface area contributed by atoms with E-state index in [1.165, 1.54) is 16.2 Å². The Balaban J connectivity index is 2.24. The van der Waals surface area contributed by atoms with Crippen molar-refractivity contribution in [2.75, 3.05) is 0 Å². The maximum absolute atomic E-state index is 10.5. The second kappa shape index (κ2) is 2.70. The second-order valence-corrected chi connectivity index (χ2v) is 4.83. The van der Waals surface area contributed by atoms with Gasteiger partial charge in [0.1, 0.15) is 0 Å². The Labute approximate surface area is 81.0 Å². The summed E-state index contributed by atoms with van der Waals surface area (Å²) in [6.45, 7) is 0.903. The molecular formula is C6H5BrN2O2S. The number of nitrogens with zero attached hydrogens (tertiary/aromatic N) is 2. The standard InChI is InChI=1S/C6H5BrN2O2S/c7-5-8-3-1-9(6(10)11)2-4(3)12-5/h1-2H2,(H,10,11). The molecule has 0 fully saturated rings. The number of hydrogen-bond donors (Lipinski definition) is 1. The predicted octanol–water partition coefficient (Wildman–Crippen LogP) is 1.90. The third-order valence-electron chi connectivity index (χ3n) is 1.70. The third kappa shape index (κ3) is 1.21. The Morgan fingerprint density at radius 3 is 3.00 bits per heavy atom. The van der Waals surface area contributed by atoms with Gasteiger partial charge < -0.3 is 5.11 Å². The molecule has 6 heteroatoms. The van der Waals surface area contributed by atoms with Gasteiger partial charge in [-0.1, -0.05) is 0 Å². The summed E-state index contributed by atoms with van der Waals surface area (Å²) in [7, 11) is 0. The summed E-state index contributed by atoms with van der Waals surface area (Å²) in [5.74, 6) is 0. The molecule has 0 spiro atoms. The van der Waals surface area contributed by atoms with Crippen LogP contribution in [0.3, 0.4) is 0 Å². The van der Waals surface area contributed by atoms with Gasteiger partial charge in [-0.2, -0.15) is 0 Å². The zero-order valence-electron chi connectivity index (χ0n) is 5.95. The highest BCUT2D eigenvalue weighted by atomic mass is 79.9. The highest BCUT2D eigenvalue weighted by Crippen LogP contribution is 2.30. The summed E-state index contributed by atoms with van der Waals surface area (Å²) in [6, 6.07) is 0. The van der Waals surface area contributed by atoms with E-state index in [4.69, 9.17) is 5.11 Å². The Morgan fingerprint density at radius 1 is 1.67 bits per heavy atom. The predicted molar refractivity (Wildman–Crippen MR) is 47.1 cm³/mol. The van der Waals surface area contributed by atoms with E-state index >= 15 is 0 Å². The van der Waals surface area contributed by atoms with Gasteiger partial charge in [0.2, 0.25) is 0 Å². The maximum Gasteiger partial charge on any atom is 0.407 e. The molecule has 0 saturated carbocycles. The summed E-state index contributed by atoms with van der Waals surface area (Å²) < 4.78 is 0.831. The van der Waals surface area contributed by atoms with Crippen LogP contribution in [-0.2, 0) is 13.1 Å². The summed E-state index contributed by atoms with van der Waals surface area (Å²) in [5.41, 5.74) is 0.884. The van der Waals surface area contributed by atoms with E-state index in [1.54, 1.807) is 0 Å². The van der Waals surface area contributed by atoms with Crippen LogP contribution in [0.4, 0.5) is 4.79 Å². The van der Waals surface area contributed by atoms with E-state index in [9.17, 15) is 4.79 Å². The molecule has 64 valence electrons. The minimum Gasteiger partial charge on any atom is -0.465 e. The number of amides is 1. The topological polar surface area (TPSA) is 53.4 Å². The van der Waals surface area contributed by atoms with Crippen molar-refractivity contribution in [1.29, 1.82) is 0 Å². The largest absolute Gasteiger partial charge is 0.465 e. The molecule has 0 aromatic carbocycles. The van der Waals surface area contributed by atoms with Gasteiger partial charge in [-0.15, -0.1) is 11.3 Å². The Bertz CT molecular complexity index is 315. The van der Waals surface area contributed by atoms with Crippen LogP contribution in [-0.4, -0.2) is 21.1 Å². The van der Waals surface area contributed by atoms with E-state index in [1.807, 2.05) is 0 Å². The van der Waals surface area contributed by atoms with Gasteiger partial charge >= 0.3 is 6.09 Å². The molecule has 2 heterocycles. The van der Waals surface area contributed by atoms with Gasteiger partial charge in [0.15, 0.2) is 3.92 Å². The summed E-state index contributed by atoms with van der Waals surface area (Å²) in [5, 5.41) is 8.66. The number of carboxylic acid groups (broad SMARTS) is 1. The Morgan fingerprint density at radius 2 is 2.42 bits per heavy atom. The normalized spacial score (nSPS) is 14.9. The molecule has 1 N–H and O–H groups in total. The number of halogens is 1. The minimum absolute atomic E-state index is 0.423. The van der Waals surface area contributed by atoms with Crippen LogP contribution in [0.1, 0.15) is 10.6 Å². The second-order valence-electron chi connectivity index (χ2n) is 2.48. The summed E-state index contributed by atoms with van der Waals surface area (Å²) in [4.78, 5) is 17.1. The Kier molecular flexibility index (Phi) is 1.80. The first kappa shape index (κ1) is 8.00. The van der Waals surface area contributed by atoms with Crippen molar-refractivity contribution in [3.05, 3.63) is 14.5 Å². The molecule has 0 bridgehead atoms. The van der Waals surface area contributed by atoms with E-state index in [0.29, 0.717) is 13.1 Å². The number of carbonyl (C=O) groups is 1. The fraction of sp³-hybridized carbons (Fsp3) is 0.333. The number of thiazole rings is 1. The number of rotatable bonds is 0. The highest BCUT2D eigenvalue weighted by molar-refractivity contribution is 9.11. The third-order valence-corrected chi connectivity index (χ3v) is 3.23. The van der Waals surface area contributed by atoms with Crippen molar-refractivity contribution >= 4 is 33.4 Å². The molecule has 1 amide bonds. The van der Waals surface area contributed by atoms with Crippen molar-refractivity contribution in [2.45, 2.75) is 13.1 Å². The first-order valence-electron chi connectivity index (χ1n) is 3.29. The molecule has 2 rings (SSSR count). The minimum atomic E-state index is -0.878. The Hall–Kier alpha value is -0.620. The van der Waals surface area contributed by atoms with Crippen LogP contribution in [0.2, 0.25) is 0 Å². The number of fused-ring (bicyclic) bond motifs is 1. The van der Waals surface area contributed by atoms with Gasteiger partial charge in [-0.05, 0) is 15.9 Å². The molecule has 0 atom stereocenters. The van der Waals surface area contributed by atoms with Gasteiger partial charge in [0.05, 0.1) is 23.7 Å². The fourth-order valence-corrected chi connectivity index (χ4v) is 2.75. The van der Waals surface area contributed by atoms with Crippen molar-refractivity contribution in [1.82, 2.24) is 9.88 Å². The van der Waals surface area contributed by atoms with Crippen LogP contribution in [0.15, 0.2) is 3.92 Å². The van der Waals surface area contributed by atoms with Crippen LogP contribution in [0.5, 0.6) is 0 Å². The van der Waals surface area contributed by atoms with Crippen LogP contribution in [0.25, 0.3) is 0 Å². The first-order valence-corrected chi connectivity index (χ1v) is 4.89. The summed E-state index contributed by atoms with van der Waals surface area (Å²) in [6.07, 6.45) is -0.878. The van der Waals surface area contributed by atoms with Gasteiger partial charge in [-0.3, -0.25) is 4.90 Å². The lowest BCUT2D eigenvalue weighted by Crippen LogP contribution is -2.22. The number of aromatic nitrogens is 1. The van der Waals surface area contributed by atoms with Crippen molar-refractivity contribution in [2.24, 2.45) is 0 Å². The average molecular weight is 249 g/mol. The lowest BCUT2D eigenvalue weighted by molar-refractivity contribution is 0.145. The first-order chi connectivity index (χ1) is 5.66. The molecule has 0 unspecified atom stereocenters. The molecule has 0 aliphatic carbocycles. The number of hydrogen-bond acceptors (Lipinski definition) is 3. The lowest BCUT2D eigenvalue weighted by Gasteiger charge is -2.08. The van der Waals surface area contributed by atoms with Crippen LogP contribution >= 0.6 is 27.3 Å². The zero-order valence-corrected chi connectivity index (χ0v) is 8.35. The SMILES string of the molecule is O=C(O)N1Cc2nc(Br)sc2C1. The average Bonchev–Trinajstić information content (AvgIpc) is 2.42. The van der Waals surface area contributed by atoms with Gasteiger partial charge in [0.25, 0.3) is 0 Å². The van der Waals surface area contributed by atoms with Gasteiger partial charge in [0, 0.05) is 0 Å². The van der Waals surface area contributed by atoms with Crippen LogP contribution in [0, 0.1) is 0 Å². The monoisotopic (exact) mass is 248 g/mol. The summed E-state index contributed by atoms with van der Waals surface area (Å²) >= 11 is 4.75. The molecule has 0 radical (unpaired) electrons. The maximum atomic E-state index is 10.5. The molecule has 1 aliphatic heterocycles. The zero-order chi connectivity index (χ0) is 8.72. The van der Waals surface area contributed by atoms with Crippen molar-refractivity contribution < 1.29 is 9.90 Å². The molecule has 1 aliphatic rings. The van der Waals surface area contributed by atoms with Crippen molar-refractivity contribution in [3.8, 4) is 0 Å². The molecule has 12 heavy (non-hydrogen) atoms. The van der Waals surface area contributed by atoms with Crippen LogP contribution < -0.4 is 0 Å². The molecule has 4 nitrogen and oxygen atoms in total. The van der Waals surface area contributed by atoms with E-state index < -0.39 is 6.09 Å². The lowest BCUT2D eigenvalue weighted by atomic mass is 10.4. The van der Waals surface area contributed by atoms with E-state index in [-0.39, 0.29) is 0 Å².